The molecule has 6 nitrogen and oxygen atoms in total. The summed E-state index contributed by atoms with van der Waals surface area (Å²) in [5, 5.41) is 22.0. The summed E-state index contributed by atoms with van der Waals surface area (Å²) in [6.07, 6.45) is 2.16. The lowest BCUT2D eigenvalue weighted by atomic mass is 9.97. The molecule has 0 saturated carbocycles. The molecule has 1 N–H and O–H groups in total. The van der Waals surface area contributed by atoms with Gasteiger partial charge < -0.3 is 5.11 Å². The van der Waals surface area contributed by atoms with Crippen LogP contribution in [0.2, 0.25) is 0 Å². The van der Waals surface area contributed by atoms with Crippen LogP contribution < -0.4 is 0 Å². The number of nitrogens with zero attached hydrogens (tertiary/aromatic N) is 5. The van der Waals surface area contributed by atoms with Crippen molar-refractivity contribution in [3.63, 3.8) is 0 Å². The molecule has 1 aromatic rings. The first-order chi connectivity index (χ1) is 8.39. The molecule has 2 rings (SSSR count). The zero-order valence-electron chi connectivity index (χ0n) is 11.7. The highest BCUT2D eigenvalue weighted by Crippen LogP contribution is 2.27. The highest BCUT2D eigenvalue weighted by molar-refractivity contribution is 4.94. The Morgan fingerprint density at radius 1 is 1.44 bits per heavy atom. The molecule has 102 valence electrons. The first kappa shape index (κ1) is 13.4. The van der Waals surface area contributed by atoms with E-state index < -0.39 is 5.60 Å². The van der Waals surface area contributed by atoms with Crippen LogP contribution in [0.3, 0.4) is 0 Å². The van der Waals surface area contributed by atoms with Gasteiger partial charge in [-0.15, -0.1) is 5.10 Å². The molecule has 0 aromatic carbocycles. The Morgan fingerprint density at radius 2 is 2.17 bits per heavy atom. The van der Waals surface area contributed by atoms with Crippen LogP contribution in [0, 0.1) is 0 Å². The van der Waals surface area contributed by atoms with Crippen LogP contribution >= 0.6 is 0 Å². The summed E-state index contributed by atoms with van der Waals surface area (Å²) in [7, 11) is 0. The summed E-state index contributed by atoms with van der Waals surface area (Å²) < 4.78 is 1.85. The Morgan fingerprint density at radius 3 is 2.78 bits per heavy atom. The van der Waals surface area contributed by atoms with Gasteiger partial charge in [0.15, 0.2) is 5.82 Å². The molecule has 1 fully saturated rings. The largest absolute Gasteiger partial charge is 0.389 e. The second kappa shape index (κ2) is 4.93. The van der Waals surface area contributed by atoms with Crippen LogP contribution in [0.4, 0.5) is 0 Å². The SMILES string of the molecule is CC(C)n1nnnc1CN1CCCC1C(C)(C)O. The van der Waals surface area contributed by atoms with E-state index in [1.54, 1.807) is 0 Å². The fourth-order valence-corrected chi connectivity index (χ4v) is 2.71. The molecule has 1 saturated heterocycles. The molecule has 0 aliphatic carbocycles. The summed E-state index contributed by atoms with van der Waals surface area (Å²) in [4.78, 5) is 2.28. The van der Waals surface area contributed by atoms with Crippen molar-refractivity contribution in [1.29, 1.82) is 0 Å². The number of tetrazole rings is 1. The third-order valence-corrected chi connectivity index (χ3v) is 3.57. The third-order valence-electron chi connectivity index (χ3n) is 3.57. The molecule has 1 unspecified atom stereocenters. The fourth-order valence-electron chi connectivity index (χ4n) is 2.71. The van der Waals surface area contributed by atoms with Crippen LogP contribution in [0.25, 0.3) is 0 Å². The average Bonchev–Trinajstić information content (AvgIpc) is 2.85. The highest BCUT2D eigenvalue weighted by atomic mass is 16.3. The summed E-state index contributed by atoms with van der Waals surface area (Å²) in [5.41, 5.74) is -0.674. The standard InChI is InChI=1S/C12H23N5O/c1-9(2)17-11(13-14-15-17)8-16-7-5-6-10(16)12(3,4)18/h9-10,18H,5-8H2,1-4H3. The smallest absolute Gasteiger partial charge is 0.165 e. The van der Waals surface area contributed by atoms with Crippen molar-refractivity contribution in [3.8, 4) is 0 Å². The normalized spacial score (nSPS) is 22.0. The minimum Gasteiger partial charge on any atom is -0.389 e. The molecule has 1 aliphatic rings. The molecular weight excluding hydrogens is 230 g/mol. The summed E-state index contributed by atoms with van der Waals surface area (Å²) in [6, 6.07) is 0.452. The van der Waals surface area contributed by atoms with Gasteiger partial charge in [-0.1, -0.05) is 0 Å². The van der Waals surface area contributed by atoms with E-state index in [0.717, 1.165) is 25.2 Å². The quantitative estimate of drug-likeness (QED) is 0.866. The van der Waals surface area contributed by atoms with Crippen molar-refractivity contribution in [1.82, 2.24) is 25.1 Å². The van der Waals surface area contributed by atoms with Gasteiger partial charge in [0, 0.05) is 6.04 Å². The predicted molar refractivity (Wildman–Crippen MR) is 67.9 cm³/mol. The van der Waals surface area contributed by atoms with Gasteiger partial charge in [0.05, 0.1) is 18.2 Å². The Kier molecular flexibility index (Phi) is 3.68. The van der Waals surface area contributed by atoms with Gasteiger partial charge in [0.25, 0.3) is 0 Å². The Labute approximate surface area is 108 Å². The summed E-state index contributed by atoms with van der Waals surface area (Å²) in [5.74, 6) is 0.876. The maximum atomic E-state index is 10.2. The lowest BCUT2D eigenvalue weighted by Crippen LogP contribution is -2.45. The van der Waals surface area contributed by atoms with Crippen molar-refractivity contribution in [3.05, 3.63) is 5.82 Å². The second-order valence-electron chi connectivity index (χ2n) is 5.92. The monoisotopic (exact) mass is 253 g/mol. The maximum Gasteiger partial charge on any atom is 0.165 e. The van der Waals surface area contributed by atoms with Gasteiger partial charge in [-0.05, 0) is 57.5 Å². The molecule has 0 spiro atoms. The number of hydrogen-bond acceptors (Lipinski definition) is 5. The summed E-state index contributed by atoms with van der Waals surface area (Å²) >= 11 is 0. The molecule has 2 heterocycles. The van der Waals surface area contributed by atoms with Gasteiger partial charge in [-0.2, -0.15) is 0 Å². The topological polar surface area (TPSA) is 67.1 Å². The molecule has 0 bridgehead atoms. The lowest BCUT2D eigenvalue weighted by molar-refractivity contribution is -0.00622. The van der Waals surface area contributed by atoms with E-state index in [0.29, 0.717) is 6.54 Å². The lowest BCUT2D eigenvalue weighted by Gasteiger charge is -2.33. The first-order valence-corrected chi connectivity index (χ1v) is 6.62. The van der Waals surface area contributed by atoms with Crippen molar-refractivity contribution in [2.45, 2.75) is 64.8 Å². The second-order valence-corrected chi connectivity index (χ2v) is 5.92. The van der Waals surface area contributed by atoms with E-state index in [-0.39, 0.29) is 12.1 Å². The van der Waals surface area contributed by atoms with Gasteiger partial charge in [-0.3, -0.25) is 4.90 Å². The zero-order valence-corrected chi connectivity index (χ0v) is 11.7. The molecular formula is C12H23N5O. The number of likely N-dealkylation sites (tertiary alicyclic amines) is 1. The van der Waals surface area contributed by atoms with E-state index >= 15 is 0 Å². The number of hydrogen-bond donors (Lipinski definition) is 1. The Bertz CT molecular complexity index is 395. The maximum absolute atomic E-state index is 10.2. The molecule has 1 aliphatic heterocycles. The third kappa shape index (κ3) is 2.70. The molecule has 18 heavy (non-hydrogen) atoms. The van der Waals surface area contributed by atoms with E-state index in [1.165, 1.54) is 0 Å². The molecule has 0 radical (unpaired) electrons. The van der Waals surface area contributed by atoms with Crippen molar-refractivity contribution in [2.24, 2.45) is 0 Å². The zero-order chi connectivity index (χ0) is 13.3. The molecule has 0 amide bonds. The predicted octanol–water partition coefficient (Wildman–Crippen LogP) is 0.989. The average molecular weight is 253 g/mol. The van der Waals surface area contributed by atoms with Crippen molar-refractivity contribution in [2.75, 3.05) is 6.54 Å². The molecule has 6 heteroatoms. The van der Waals surface area contributed by atoms with Crippen LogP contribution in [-0.2, 0) is 6.54 Å². The van der Waals surface area contributed by atoms with Crippen LogP contribution in [-0.4, -0.2) is 48.4 Å². The van der Waals surface area contributed by atoms with Crippen molar-refractivity contribution >= 4 is 0 Å². The Hall–Kier alpha value is -1.01. The van der Waals surface area contributed by atoms with Gasteiger partial charge in [0.2, 0.25) is 0 Å². The number of aromatic nitrogens is 4. The minimum absolute atomic E-state index is 0.190. The summed E-state index contributed by atoms with van der Waals surface area (Å²) in [6.45, 7) is 9.59. The highest BCUT2D eigenvalue weighted by Gasteiger charge is 2.36. The van der Waals surface area contributed by atoms with Gasteiger partial charge >= 0.3 is 0 Å². The van der Waals surface area contributed by atoms with Gasteiger partial charge in [-0.25, -0.2) is 4.68 Å². The Balaban J connectivity index is 2.11. The van der Waals surface area contributed by atoms with Crippen molar-refractivity contribution < 1.29 is 5.11 Å². The fraction of sp³-hybridized carbons (Fsp3) is 0.917. The van der Waals surface area contributed by atoms with Crippen LogP contribution in [0.1, 0.15) is 52.4 Å². The number of aliphatic hydroxyl groups is 1. The minimum atomic E-state index is -0.674. The molecule has 1 aromatic heterocycles. The first-order valence-electron chi connectivity index (χ1n) is 6.62. The molecule has 1 atom stereocenters. The van der Waals surface area contributed by atoms with E-state index in [2.05, 4.69) is 34.3 Å². The van der Waals surface area contributed by atoms with E-state index in [1.807, 2.05) is 18.5 Å². The van der Waals surface area contributed by atoms with E-state index in [4.69, 9.17) is 0 Å². The van der Waals surface area contributed by atoms with Crippen LogP contribution in [0.5, 0.6) is 0 Å². The van der Waals surface area contributed by atoms with Crippen LogP contribution in [0.15, 0.2) is 0 Å². The van der Waals surface area contributed by atoms with Gasteiger partial charge in [0.1, 0.15) is 0 Å². The number of rotatable bonds is 4. The van der Waals surface area contributed by atoms with E-state index in [9.17, 15) is 5.11 Å².